The van der Waals surface area contributed by atoms with Crippen LogP contribution >= 0.6 is 11.3 Å². The first-order chi connectivity index (χ1) is 16.8. The van der Waals surface area contributed by atoms with Crippen LogP contribution in [0.3, 0.4) is 0 Å². The molecule has 2 aliphatic heterocycles. The van der Waals surface area contributed by atoms with E-state index in [1.807, 2.05) is 23.1 Å². The number of piperidine rings is 1. The Morgan fingerprint density at radius 2 is 1.74 bits per heavy atom. The second-order valence-electron chi connectivity index (χ2n) is 8.91. The van der Waals surface area contributed by atoms with Gasteiger partial charge in [0.1, 0.15) is 0 Å². The molecule has 0 radical (unpaired) electrons. The number of ether oxygens (including phenoxy) is 1. The SMILES string of the molecule is O=C(c1ccc(N2CCC(NCCc3nc(-c4ccccc4)cs3)CC2)cc1)N1CCOCC1. The number of morpholine rings is 1. The van der Waals surface area contributed by atoms with Gasteiger partial charge in [0.2, 0.25) is 0 Å². The van der Waals surface area contributed by atoms with Gasteiger partial charge < -0.3 is 19.9 Å². The number of rotatable bonds is 7. The summed E-state index contributed by atoms with van der Waals surface area (Å²) in [6.45, 7) is 5.64. The predicted octanol–water partition coefficient (Wildman–Crippen LogP) is 4.08. The minimum absolute atomic E-state index is 0.105. The van der Waals surface area contributed by atoms with E-state index in [0.717, 1.165) is 50.2 Å². The summed E-state index contributed by atoms with van der Waals surface area (Å²) in [6, 6.07) is 19.0. The van der Waals surface area contributed by atoms with E-state index in [1.54, 1.807) is 11.3 Å². The number of thiazole rings is 1. The lowest BCUT2D eigenvalue weighted by Gasteiger charge is -2.34. The van der Waals surface area contributed by atoms with Crippen molar-refractivity contribution in [1.82, 2.24) is 15.2 Å². The van der Waals surface area contributed by atoms with Crippen LogP contribution in [0.2, 0.25) is 0 Å². The molecule has 0 saturated carbocycles. The van der Waals surface area contributed by atoms with E-state index >= 15 is 0 Å². The maximum Gasteiger partial charge on any atom is 0.254 e. The van der Waals surface area contributed by atoms with Gasteiger partial charge in [-0.3, -0.25) is 4.79 Å². The average Bonchev–Trinajstić information content (AvgIpc) is 3.39. The molecule has 2 aliphatic rings. The number of aromatic nitrogens is 1. The fraction of sp³-hybridized carbons (Fsp3) is 0.407. The minimum atomic E-state index is 0.105. The predicted molar refractivity (Wildman–Crippen MR) is 138 cm³/mol. The molecule has 0 spiro atoms. The Labute approximate surface area is 205 Å². The number of nitrogens with zero attached hydrogens (tertiary/aromatic N) is 3. The number of hydrogen-bond acceptors (Lipinski definition) is 6. The molecular formula is C27H32N4O2S. The Hall–Kier alpha value is -2.74. The van der Waals surface area contributed by atoms with Crippen molar-refractivity contribution in [3.8, 4) is 11.3 Å². The van der Waals surface area contributed by atoms with Crippen LogP contribution in [0.25, 0.3) is 11.3 Å². The number of amides is 1. The van der Waals surface area contributed by atoms with Gasteiger partial charge in [-0.2, -0.15) is 0 Å². The van der Waals surface area contributed by atoms with Gasteiger partial charge >= 0.3 is 0 Å². The first-order valence-corrected chi connectivity index (χ1v) is 13.1. The van der Waals surface area contributed by atoms with E-state index in [1.165, 1.54) is 16.3 Å². The van der Waals surface area contributed by atoms with Gasteiger partial charge in [0, 0.05) is 67.4 Å². The standard InChI is InChI=1S/C27H32N4O2S/c32-27(31-16-18-33-19-17-31)22-6-8-24(9-7-22)30-14-11-23(12-15-30)28-13-10-26-29-25(20-34-26)21-4-2-1-3-5-21/h1-9,20,23,28H,10-19H2. The average molecular weight is 477 g/mol. The second-order valence-corrected chi connectivity index (χ2v) is 9.85. The molecule has 0 atom stereocenters. The molecule has 5 rings (SSSR count). The highest BCUT2D eigenvalue weighted by Crippen LogP contribution is 2.23. The molecule has 1 amide bonds. The lowest BCUT2D eigenvalue weighted by atomic mass is 10.0. The van der Waals surface area contributed by atoms with Gasteiger partial charge in [0.25, 0.3) is 5.91 Å². The summed E-state index contributed by atoms with van der Waals surface area (Å²) >= 11 is 1.75. The summed E-state index contributed by atoms with van der Waals surface area (Å²) in [7, 11) is 0. The third kappa shape index (κ3) is 5.66. The van der Waals surface area contributed by atoms with Crippen molar-refractivity contribution < 1.29 is 9.53 Å². The highest BCUT2D eigenvalue weighted by molar-refractivity contribution is 7.09. The number of benzene rings is 2. The number of hydrogen-bond donors (Lipinski definition) is 1. The molecule has 2 saturated heterocycles. The number of nitrogens with one attached hydrogen (secondary N) is 1. The van der Waals surface area contributed by atoms with Crippen molar-refractivity contribution in [3.63, 3.8) is 0 Å². The molecule has 2 fully saturated rings. The molecule has 6 nitrogen and oxygen atoms in total. The van der Waals surface area contributed by atoms with E-state index in [-0.39, 0.29) is 5.91 Å². The molecular weight excluding hydrogens is 444 g/mol. The topological polar surface area (TPSA) is 57.7 Å². The van der Waals surface area contributed by atoms with Crippen LogP contribution in [0.4, 0.5) is 5.69 Å². The van der Waals surface area contributed by atoms with Crippen molar-refractivity contribution in [3.05, 3.63) is 70.5 Å². The zero-order chi connectivity index (χ0) is 23.2. The van der Waals surface area contributed by atoms with Gasteiger partial charge in [0.05, 0.1) is 23.9 Å². The molecule has 2 aromatic carbocycles. The van der Waals surface area contributed by atoms with Crippen molar-refractivity contribution in [1.29, 1.82) is 0 Å². The summed E-state index contributed by atoms with van der Waals surface area (Å²) in [5.74, 6) is 0.105. The van der Waals surface area contributed by atoms with Crippen LogP contribution in [0.5, 0.6) is 0 Å². The Bertz CT molecular complexity index is 1060. The van der Waals surface area contributed by atoms with Crippen LogP contribution in [-0.4, -0.2) is 67.8 Å². The Morgan fingerprint density at radius 3 is 2.47 bits per heavy atom. The molecule has 1 aromatic heterocycles. The largest absolute Gasteiger partial charge is 0.378 e. The second kappa shape index (κ2) is 11.1. The maximum atomic E-state index is 12.7. The van der Waals surface area contributed by atoms with Crippen LogP contribution in [-0.2, 0) is 11.2 Å². The number of carbonyl (C=O) groups excluding carboxylic acids is 1. The monoisotopic (exact) mass is 476 g/mol. The maximum absolute atomic E-state index is 12.7. The van der Waals surface area contributed by atoms with Crippen LogP contribution in [0.1, 0.15) is 28.2 Å². The Morgan fingerprint density at radius 1 is 1.00 bits per heavy atom. The van der Waals surface area contributed by atoms with E-state index in [4.69, 9.17) is 9.72 Å². The fourth-order valence-corrected chi connectivity index (χ4v) is 5.46. The number of carbonyl (C=O) groups is 1. The molecule has 1 N–H and O–H groups in total. The van der Waals surface area contributed by atoms with E-state index < -0.39 is 0 Å². The van der Waals surface area contributed by atoms with Gasteiger partial charge in [-0.25, -0.2) is 4.98 Å². The quantitative estimate of drug-likeness (QED) is 0.557. The normalized spacial score (nSPS) is 17.2. The van der Waals surface area contributed by atoms with Crippen LogP contribution in [0, 0.1) is 0 Å². The molecule has 7 heteroatoms. The zero-order valence-electron chi connectivity index (χ0n) is 19.5. The smallest absolute Gasteiger partial charge is 0.254 e. The summed E-state index contributed by atoms with van der Waals surface area (Å²) < 4.78 is 5.35. The molecule has 0 bridgehead atoms. The molecule has 3 aromatic rings. The van der Waals surface area contributed by atoms with Crippen molar-refractivity contribution in [2.75, 3.05) is 50.8 Å². The van der Waals surface area contributed by atoms with Crippen molar-refractivity contribution in [2.45, 2.75) is 25.3 Å². The van der Waals surface area contributed by atoms with E-state index in [9.17, 15) is 4.79 Å². The zero-order valence-corrected chi connectivity index (χ0v) is 20.3. The first kappa shape index (κ1) is 23.0. The van der Waals surface area contributed by atoms with Crippen LogP contribution in [0.15, 0.2) is 60.0 Å². The van der Waals surface area contributed by atoms with Gasteiger partial charge in [-0.1, -0.05) is 30.3 Å². The number of anilines is 1. The van der Waals surface area contributed by atoms with Gasteiger partial charge in [-0.05, 0) is 37.1 Å². The highest BCUT2D eigenvalue weighted by Gasteiger charge is 2.21. The molecule has 178 valence electrons. The third-order valence-corrected chi connectivity index (χ3v) is 7.57. The lowest BCUT2D eigenvalue weighted by molar-refractivity contribution is 0.0303. The molecule has 34 heavy (non-hydrogen) atoms. The Balaban J connectivity index is 1.05. The summed E-state index contributed by atoms with van der Waals surface area (Å²) in [6.07, 6.45) is 3.22. The van der Waals surface area contributed by atoms with Crippen LogP contribution < -0.4 is 10.2 Å². The molecule has 0 unspecified atom stereocenters. The molecule has 3 heterocycles. The lowest BCUT2D eigenvalue weighted by Crippen LogP contribution is -2.43. The van der Waals surface area contributed by atoms with Crippen molar-refractivity contribution in [2.24, 2.45) is 0 Å². The fourth-order valence-electron chi connectivity index (χ4n) is 4.66. The summed E-state index contributed by atoms with van der Waals surface area (Å²) in [4.78, 5) is 21.8. The summed E-state index contributed by atoms with van der Waals surface area (Å²) in [5.41, 5.74) is 4.23. The van der Waals surface area contributed by atoms with Gasteiger partial charge in [-0.15, -0.1) is 11.3 Å². The van der Waals surface area contributed by atoms with Gasteiger partial charge in [0.15, 0.2) is 0 Å². The first-order valence-electron chi connectivity index (χ1n) is 12.2. The minimum Gasteiger partial charge on any atom is -0.378 e. The summed E-state index contributed by atoms with van der Waals surface area (Å²) in [5, 5.41) is 7.08. The van der Waals surface area contributed by atoms with E-state index in [0.29, 0.717) is 32.3 Å². The van der Waals surface area contributed by atoms with Crippen molar-refractivity contribution >= 4 is 22.9 Å². The highest BCUT2D eigenvalue weighted by atomic mass is 32.1. The Kier molecular flexibility index (Phi) is 7.53. The van der Waals surface area contributed by atoms with E-state index in [2.05, 4.69) is 52.0 Å². The third-order valence-electron chi connectivity index (χ3n) is 6.67. The molecule has 0 aliphatic carbocycles.